The van der Waals surface area contributed by atoms with Crippen LogP contribution in [0.2, 0.25) is 0 Å². The van der Waals surface area contributed by atoms with Crippen molar-refractivity contribution < 1.29 is 34.1 Å². The number of hydrogen-bond acceptors (Lipinski definition) is 5. The second-order valence-electron chi connectivity index (χ2n) is 5.48. The summed E-state index contributed by atoms with van der Waals surface area (Å²) >= 11 is 0. The van der Waals surface area contributed by atoms with Gasteiger partial charge in [-0.1, -0.05) is 12.1 Å². The third-order valence-electron chi connectivity index (χ3n) is 4.00. The second kappa shape index (κ2) is 8.22. The molecule has 0 spiro atoms. The number of carbonyl (C=O) groups excluding carboxylic acids is 1. The molecule has 0 aromatic heterocycles. The highest BCUT2D eigenvalue weighted by Gasteiger charge is 2.32. The van der Waals surface area contributed by atoms with Gasteiger partial charge >= 0.3 is 18.2 Å². The molecule has 0 bridgehead atoms. The van der Waals surface area contributed by atoms with Crippen molar-refractivity contribution in [1.29, 1.82) is 0 Å². The molecule has 0 aliphatic carbocycles. The van der Waals surface area contributed by atoms with E-state index in [0.29, 0.717) is 12.2 Å². The minimum atomic E-state index is -1.09. The zero-order valence-corrected chi connectivity index (χ0v) is 13.8. The number of rotatable bonds is 5. The predicted molar refractivity (Wildman–Crippen MR) is 86.0 cm³/mol. The largest absolute Gasteiger partial charge is 0.493 e. The number of nitrogens with zero attached hydrogens (tertiary/aromatic N) is 2. The Hall–Kier alpha value is -2.97. The van der Waals surface area contributed by atoms with Crippen molar-refractivity contribution in [3.63, 3.8) is 0 Å². The Morgan fingerprint density at radius 2 is 1.88 bits per heavy atom. The first-order valence-corrected chi connectivity index (χ1v) is 7.71. The van der Waals surface area contributed by atoms with Gasteiger partial charge in [0, 0.05) is 26.1 Å². The summed E-state index contributed by atoms with van der Waals surface area (Å²) in [7, 11) is 1.27. The third kappa shape index (κ3) is 4.52. The average molecular weight is 352 g/mol. The molecule has 2 amide bonds. The Morgan fingerprint density at radius 1 is 1.16 bits per heavy atom. The van der Waals surface area contributed by atoms with Crippen LogP contribution in [0.5, 0.6) is 5.75 Å². The number of esters is 1. The van der Waals surface area contributed by atoms with Gasteiger partial charge < -0.3 is 29.5 Å². The van der Waals surface area contributed by atoms with E-state index in [1.165, 1.54) is 16.9 Å². The van der Waals surface area contributed by atoms with Gasteiger partial charge in [-0.05, 0) is 12.1 Å². The van der Waals surface area contributed by atoms with Gasteiger partial charge in [-0.3, -0.25) is 0 Å². The van der Waals surface area contributed by atoms with Crippen molar-refractivity contribution in [2.45, 2.75) is 12.5 Å². The van der Waals surface area contributed by atoms with Gasteiger partial charge in [0.1, 0.15) is 11.3 Å². The van der Waals surface area contributed by atoms with Crippen LogP contribution in [0.3, 0.4) is 0 Å². The van der Waals surface area contributed by atoms with Crippen LogP contribution >= 0.6 is 0 Å². The SMILES string of the molecule is COC(=O)c1ccccc1OCC[C@@H]1CN(C(=O)O)CCN1C(=O)O. The summed E-state index contributed by atoms with van der Waals surface area (Å²) in [6, 6.07) is 6.06. The van der Waals surface area contributed by atoms with E-state index in [2.05, 4.69) is 4.74 Å². The molecular formula is C16H20N2O7. The van der Waals surface area contributed by atoms with Gasteiger partial charge in [0.15, 0.2) is 0 Å². The van der Waals surface area contributed by atoms with Crippen LogP contribution < -0.4 is 4.74 Å². The molecule has 2 rings (SSSR count). The van der Waals surface area contributed by atoms with E-state index in [0.717, 1.165) is 0 Å². The molecule has 1 fully saturated rings. The first-order valence-electron chi connectivity index (χ1n) is 7.71. The maximum absolute atomic E-state index is 11.7. The normalized spacial score (nSPS) is 17.1. The summed E-state index contributed by atoms with van der Waals surface area (Å²) < 4.78 is 10.3. The van der Waals surface area contributed by atoms with Crippen LogP contribution in [-0.4, -0.2) is 77.6 Å². The fourth-order valence-electron chi connectivity index (χ4n) is 2.70. The van der Waals surface area contributed by atoms with Crippen LogP contribution in [0.1, 0.15) is 16.8 Å². The minimum Gasteiger partial charge on any atom is -0.493 e. The summed E-state index contributed by atoms with van der Waals surface area (Å²) in [6.07, 6.45) is -1.87. The van der Waals surface area contributed by atoms with E-state index in [1.807, 2.05) is 0 Å². The predicted octanol–water partition coefficient (Wildman–Crippen LogP) is 1.58. The standard InChI is InChI=1S/C16H20N2O7/c1-24-14(19)12-4-2-3-5-13(12)25-9-6-11-10-17(15(20)21)7-8-18(11)16(22)23/h2-5,11H,6-10H2,1H3,(H,20,21)(H,22,23)/t11-/m1/s1. The fraction of sp³-hybridized carbons (Fsp3) is 0.438. The van der Waals surface area contributed by atoms with E-state index in [-0.39, 0.29) is 31.8 Å². The summed E-state index contributed by atoms with van der Waals surface area (Å²) in [5, 5.41) is 18.3. The molecule has 0 unspecified atom stereocenters. The van der Waals surface area contributed by atoms with Crippen molar-refractivity contribution in [1.82, 2.24) is 9.80 Å². The molecule has 1 aromatic carbocycles. The first kappa shape index (κ1) is 18.4. The van der Waals surface area contributed by atoms with Crippen LogP contribution in [0.4, 0.5) is 9.59 Å². The first-order chi connectivity index (χ1) is 11.9. The van der Waals surface area contributed by atoms with Gasteiger partial charge in [0.05, 0.1) is 19.8 Å². The number of piperazine rings is 1. The smallest absolute Gasteiger partial charge is 0.407 e. The molecule has 0 radical (unpaired) electrons. The van der Waals surface area contributed by atoms with E-state index in [4.69, 9.17) is 9.84 Å². The number of amides is 2. The van der Waals surface area contributed by atoms with E-state index in [1.54, 1.807) is 24.3 Å². The van der Waals surface area contributed by atoms with E-state index < -0.39 is 24.2 Å². The topological polar surface area (TPSA) is 117 Å². The molecule has 9 heteroatoms. The molecule has 2 N–H and O–H groups in total. The van der Waals surface area contributed by atoms with E-state index >= 15 is 0 Å². The number of carbonyl (C=O) groups is 3. The van der Waals surface area contributed by atoms with Crippen molar-refractivity contribution in [3.8, 4) is 5.75 Å². The summed E-state index contributed by atoms with van der Waals surface area (Å²) in [4.78, 5) is 36.5. The Morgan fingerprint density at radius 3 is 2.52 bits per heavy atom. The zero-order chi connectivity index (χ0) is 18.4. The lowest BCUT2D eigenvalue weighted by Crippen LogP contribution is -2.56. The highest BCUT2D eigenvalue weighted by atomic mass is 16.5. The van der Waals surface area contributed by atoms with Crippen molar-refractivity contribution >= 4 is 18.2 Å². The quantitative estimate of drug-likeness (QED) is 0.773. The molecule has 136 valence electrons. The highest BCUT2D eigenvalue weighted by molar-refractivity contribution is 5.92. The Kier molecular flexibility index (Phi) is 6.04. The van der Waals surface area contributed by atoms with Crippen molar-refractivity contribution in [3.05, 3.63) is 29.8 Å². The van der Waals surface area contributed by atoms with Crippen LogP contribution in [0.25, 0.3) is 0 Å². The molecule has 1 aromatic rings. The lowest BCUT2D eigenvalue weighted by atomic mass is 10.1. The summed E-state index contributed by atoms with van der Waals surface area (Å²) in [6.45, 7) is 0.481. The van der Waals surface area contributed by atoms with Crippen molar-refractivity contribution in [2.75, 3.05) is 33.4 Å². The number of carboxylic acid groups (broad SMARTS) is 2. The molecular weight excluding hydrogens is 332 g/mol. The number of para-hydroxylation sites is 1. The van der Waals surface area contributed by atoms with Gasteiger partial charge in [-0.25, -0.2) is 14.4 Å². The van der Waals surface area contributed by atoms with Crippen molar-refractivity contribution in [2.24, 2.45) is 0 Å². The lowest BCUT2D eigenvalue weighted by Gasteiger charge is -2.38. The van der Waals surface area contributed by atoms with Crippen LogP contribution in [0.15, 0.2) is 24.3 Å². The second-order valence-corrected chi connectivity index (χ2v) is 5.48. The Labute approximate surface area is 144 Å². The maximum Gasteiger partial charge on any atom is 0.407 e. The fourth-order valence-corrected chi connectivity index (χ4v) is 2.70. The third-order valence-corrected chi connectivity index (χ3v) is 4.00. The number of methoxy groups -OCH3 is 1. The zero-order valence-electron chi connectivity index (χ0n) is 13.8. The van der Waals surface area contributed by atoms with Gasteiger partial charge in [0.2, 0.25) is 0 Å². The van der Waals surface area contributed by atoms with Crippen LogP contribution in [-0.2, 0) is 4.74 Å². The number of hydrogen-bond donors (Lipinski definition) is 2. The molecule has 1 heterocycles. The van der Waals surface area contributed by atoms with Gasteiger partial charge in [-0.15, -0.1) is 0 Å². The van der Waals surface area contributed by atoms with Gasteiger partial charge in [0.25, 0.3) is 0 Å². The minimum absolute atomic E-state index is 0.0869. The molecule has 1 aliphatic heterocycles. The molecule has 1 saturated heterocycles. The molecule has 0 saturated carbocycles. The highest BCUT2D eigenvalue weighted by Crippen LogP contribution is 2.20. The average Bonchev–Trinajstić information content (AvgIpc) is 2.61. The maximum atomic E-state index is 11.7. The molecule has 1 aliphatic rings. The molecule has 25 heavy (non-hydrogen) atoms. The molecule has 1 atom stereocenters. The lowest BCUT2D eigenvalue weighted by molar-refractivity contribution is 0.0554. The number of benzene rings is 1. The number of ether oxygens (including phenoxy) is 2. The Balaban J connectivity index is 2.00. The van der Waals surface area contributed by atoms with Crippen LogP contribution in [0, 0.1) is 0 Å². The molecule has 9 nitrogen and oxygen atoms in total. The van der Waals surface area contributed by atoms with E-state index in [9.17, 15) is 19.5 Å². The Bertz CT molecular complexity index is 649. The van der Waals surface area contributed by atoms with Gasteiger partial charge in [-0.2, -0.15) is 0 Å². The summed E-state index contributed by atoms with van der Waals surface area (Å²) in [5.74, 6) is -0.195. The summed E-state index contributed by atoms with van der Waals surface area (Å²) in [5.41, 5.74) is 0.274. The monoisotopic (exact) mass is 352 g/mol.